The van der Waals surface area contributed by atoms with Crippen LogP contribution < -0.4 is 5.32 Å². The van der Waals surface area contributed by atoms with Crippen LogP contribution in [0, 0.1) is 17.8 Å². The molecule has 4 atom stereocenters. The maximum atomic E-state index is 3.57. The SMILES string of the molecule is CC1NCCC1CN1CC2CCCC2C1. The highest BCUT2D eigenvalue weighted by Gasteiger charge is 2.37. The van der Waals surface area contributed by atoms with E-state index < -0.39 is 0 Å². The smallest absolute Gasteiger partial charge is 0.00796 e. The van der Waals surface area contributed by atoms with Gasteiger partial charge in [-0.2, -0.15) is 0 Å². The summed E-state index contributed by atoms with van der Waals surface area (Å²) in [6.45, 7) is 7.78. The van der Waals surface area contributed by atoms with Gasteiger partial charge in [-0.3, -0.25) is 0 Å². The lowest BCUT2D eigenvalue weighted by atomic mass is 10.0. The summed E-state index contributed by atoms with van der Waals surface area (Å²) in [7, 11) is 0. The zero-order valence-corrected chi connectivity index (χ0v) is 9.91. The van der Waals surface area contributed by atoms with Crippen LogP contribution in [0.5, 0.6) is 0 Å². The van der Waals surface area contributed by atoms with Gasteiger partial charge in [0.25, 0.3) is 0 Å². The van der Waals surface area contributed by atoms with Gasteiger partial charge in [-0.15, -0.1) is 0 Å². The Labute approximate surface area is 93.4 Å². The summed E-state index contributed by atoms with van der Waals surface area (Å²) in [5.41, 5.74) is 0. The van der Waals surface area contributed by atoms with Crippen molar-refractivity contribution >= 4 is 0 Å². The number of likely N-dealkylation sites (tertiary alicyclic amines) is 1. The Morgan fingerprint density at radius 2 is 1.87 bits per heavy atom. The lowest BCUT2D eigenvalue weighted by Gasteiger charge is -2.23. The molecule has 0 aromatic carbocycles. The third-order valence-corrected chi connectivity index (χ3v) is 4.98. The number of hydrogen-bond acceptors (Lipinski definition) is 2. The summed E-state index contributed by atoms with van der Waals surface area (Å²) in [4.78, 5) is 2.75. The van der Waals surface area contributed by atoms with Crippen molar-refractivity contribution in [3.63, 3.8) is 0 Å². The van der Waals surface area contributed by atoms with Crippen LogP contribution in [-0.2, 0) is 0 Å². The van der Waals surface area contributed by atoms with Gasteiger partial charge in [0.05, 0.1) is 0 Å². The Hall–Kier alpha value is -0.0800. The molecule has 4 unspecified atom stereocenters. The Balaban J connectivity index is 1.52. The van der Waals surface area contributed by atoms with Crippen LogP contribution in [0.3, 0.4) is 0 Å². The molecule has 0 radical (unpaired) electrons. The van der Waals surface area contributed by atoms with Crippen molar-refractivity contribution < 1.29 is 0 Å². The van der Waals surface area contributed by atoms with Gasteiger partial charge >= 0.3 is 0 Å². The van der Waals surface area contributed by atoms with Gasteiger partial charge < -0.3 is 10.2 Å². The molecule has 1 aliphatic carbocycles. The van der Waals surface area contributed by atoms with Crippen molar-refractivity contribution in [2.24, 2.45) is 17.8 Å². The summed E-state index contributed by atoms with van der Waals surface area (Å²) >= 11 is 0. The lowest BCUT2D eigenvalue weighted by Crippen LogP contribution is -2.33. The minimum absolute atomic E-state index is 0.755. The minimum Gasteiger partial charge on any atom is -0.314 e. The second-order valence-electron chi connectivity index (χ2n) is 5.96. The van der Waals surface area contributed by atoms with Crippen LogP contribution in [0.2, 0.25) is 0 Å². The van der Waals surface area contributed by atoms with E-state index in [9.17, 15) is 0 Å². The molecule has 2 aliphatic heterocycles. The molecule has 15 heavy (non-hydrogen) atoms. The molecule has 0 bridgehead atoms. The Morgan fingerprint density at radius 3 is 2.47 bits per heavy atom. The molecular weight excluding hydrogens is 184 g/mol. The van der Waals surface area contributed by atoms with Gasteiger partial charge in [0.15, 0.2) is 0 Å². The average molecular weight is 208 g/mol. The first-order valence-corrected chi connectivity index (χ1v) is 6.78. The fourth-order valence-corrected chi connectivity index (χ4v) is 3.98. The van der Waals surface area contributed by atoms with Gasteiger partial charge in [0.2, 0.25) is 0 Å². The largest absolute Gasteiger partial charge is 0.314 e. The molecule has 0 spiro atoms. The molecule has 3 rings (SSSR count). The van der Waals surface area contributed by atoms with Crippen molar-refractivity contribution in [1.82, 2.24) is 10.2 Å². The van der Waals surface area contributed by atoms with Gasteiger partial charge in [-0.1, -0.05) is 6.42 Å². The predicted octanol–water partition coefficient (Wildman–Crippen LogP) is 1.72. The van der Waals surface area contributed by atoms with Crippen molar-refractivity contribution in [3.05, 3.63) is 0 Å². The topological polar surface area (TPSA) is 15.3 Å². The number of hydrogen-bond donors (Lipinski definition) is 1. The van der Waals surface area contributed by atoms with Crippen LogP contribution in [0.1, 0.15) is 32.6 Å². The van der Waals surface area contributed by atoms with Gasteiger partial charge in [-0.05, 0) is 50.5 Å². The fraction of sp³-hybridized carbons (Fsp3) is 1.00. The van der Waals surface area contributed by atoms with Gasteiger partial charge in [-0.25, -0.2) is 0 Å². The van der Waals surface area contributed by atoms with Gasteiger partial charge in [0.1, 0.15) is 0 Å². The van der Waals surface area contributed by atoms with E-state index in [4.69, 9.17) is 0 Å². The number of nitrogens with zero attached hydrogens (tertiary/aromatic N) is 1. The first-order chi connectivity index (χ1) is 7.33. The molecule has 1 saturated carbocycles. The molecular formula is C13H24N2. The van der Waals surface area contributed by atoms with E-state index in [2.05, 4.69) is 17.1 Å². The standard InChI is InChI=1S/C13H24N2/c1-10-11(5-6-14-10)7-15-8-12-3-2-4-13(12)9-15/h10-14H,2-9H2,1H3. The van der Waals surface area contributed by atoms with E-state index in [1.54, 1.807) is 0 Å². The molecule has 0 aromatic heterocycles. The summed E-state index contributed by atoms with van der Waals surface area (Å²) in [5, 5.41) is 3.57. The molecule has 2 nitrogen and oxygen atoms in total. The number of fused-ring (bicyclic) bond motifs is 1. The van der Waals surface area contributed by atoms with Crippen molar-refractivity contribution in [2.45, 2.75) is 38.6 Å². The monoisotopic (exact) mass is 208 g/mol. The second-order valence-corrected chi connectivity index (χ2v) is 5.96. The molecule has 1 N–H and O–H groups in total. The van der Waals surface area contributed by atoms with E-state index in [0.717, 1.165) is 23.8 Å². The highest BCUT2D eigenvalue weighted by Crippen LogP contribution is 2.38. The molecule has 2 heteroatoms. The highest BCUT2D eigenvalue weighted by molar-refractivity contribution is 4.91. The zero-order chi connectivity index (χ0) is 10.3. The van der Waals surface area contributed by atoms with E-state index >= 15 is 0 Å². The summed E-state index contributed by atoms with van der Waals surface area (Å²) in [5.74, 6) is 3.05. The molecule has 3 aliphatic rings. The normalized spacial score (nSPS) is 46.2. The van der Waals surface area contributed by atoms with Crippen LogP contribution in [0.15, 0.2) is 0 Å². The van der Waals surface area contributed by atoms with Crippen molar-refractivity contribution in [1.29, 1.82) is 0 Å². The maximum absolute atomic E-state index is 3.57. The Kier molecular flexibility index (Phi) is 2.73. The quantitative estimate of drug-likeness (QED) is 0.743. The molecule has 0 amide bonds. The van der Waals surface area contributed by atoms with E-state index in [1.807, 2.05) is 0 Å². The minimum atomic E-state index is 0.755. The van der Waals surface area contributed by atoms with E-state index in [-0.39, 0.29) is 0 Å². The summed E-state index contributed by atoms with van der Waals surface area (Å²) in [6, 6.07) is 0.755. The summed E-state index contributed by atoms with van der Waals surface area (Å²) < 4.78 is 0. The molecule has 0 aromatic rings. The van der Waals surface area contributed by atoms with E-state index in [0.29, 0.717) is 0 Å². The van der Waals surface area contributed by atoms with Gasteiger partial charge in [0, 0.05) is 25.7 Å². The third kappa shape index (κ3) is 1.94. The average Bonchev–Trinajstić information content (AvgIpc) is 2.83. The van der Waals surface area contributed by atoms with Crippen molar-refractivity contribution in [2.75, 3.05) is 26.2 Å². The number of nitrogens with one attached hydrogen (secondary N) is 1. The van der Waals surface area contributed by atoms with Crippen LogP contribution >= 0.6 is 0 Å². The van der Waals surface area contributed by atoms with Crippen LogP contribution in [0.4, 0.5) is 0 Å². The Bertz CT molecular complexity index is 217. The van der Waals surface area contributed by atoms with E-state index in [1.165, 1.54) is 51.9 Å². The Morgan fingerprint density at radius 1 is 1.13 bits per heavy atom. The number of rotatable bonds is 2. The van der Waals surface area contributed by atoms with Crippen LogP contribution in [0.25, 0.3) is 0 Å². The van der Waals surface area contributed by atoms with Crippen molar-refractivity contribution in [3.8, 4) is 0 Å². The molecule has 2 heterocycles. The first kappa shape index (κ1) is 10.1. The summed E-state index contributed by atoms with van der Waals surface area (Å²) in [6.07, 6.45) is 5.93. The van der Waals surface area contributed by atoms with Crippen LogP contribution in [-0.4, -0.2) is 37.1 Å². The fourth-order valence-electron chi connectivity index (χ4n) is 3.98. The molecule has 3 fully saturated rings. The maximum Gasteiger partial charge on any atom is 0.00796 e. The predicted molar refractivity (Wildman–Crippen MR) is 62.8 cm³/mol. The third-order valence-electron chi connectivity index (χ3n) is 4.98. The zero-order valence-electron chi connectivity index (χ0n) is 9.91. The molecule has 2 saturated heterocycles. The first-order valence-electron chi connectivity index (χ1n) is 6.78. The lowest BCUT2D eigenvalue weighted by molar-refractivity contribution is 0.250. The second kappa shape index (κ2) is 4.06. The molecule has 86 valence electrons. The highest BCUT2D eigenvalue weighted by atomic mass is 15.2.